The fraction of sp³-hybridized carbons (Fsp3) is 0.333. The molecule has 0 bridgehead atoms. The highest BCUT2D eigenvalue weighted by Crippen LogP contribution is 2.07. The van der Waals surface area contributed by atoms with E-state index in [1.165, 1.54) is 0 Å². The van der Waals surface area contributed by atoms with Crippen molar-refractivity contribution in [1.29, 1.82) is 0 Å². The van der Waals surface area contributed by atoms with Gasteiger partial charge in [0.2, 0.25) is 0 Å². The lowest BCUT2D eigenvalue weighted by atomic mass is 10.3. The fourth-order valence-electron chi connectivity index (χ4n) is 0.491. The van der Waals surface area contributed by atoms with E-state index in [1.54, 1.807) is 0 Å². The summed E-state index contributed by atoms with van der Waals surface area (Å²) in [5, 5.41) is 0.873. The summed E-state index contributed by atoms with van der Waals surface area (Å²) < 4.78 is 0. The van der Waals surface area contributed by atoms with Gasteiger partial charge in [-0.2, -0.15) is 0 Å². The summed E-state index contributed by atoms with van der Waals surface area (Å²) in [5.74, 6) is 0. The molecule has 0 heterocycles. The highest BCUT2D eigenvalue weighted by Gasteiger charge is 1.83. The van der Waals surface area contributed by atoms with Gasteiger partial charge in [0.05, 0.1) is 0 Å². The van der Waals surface area contributed by atoms with Crippen molar-refractivity contribution in [2.45, 2.75) is 20.3 Å². The van der Waals surface area contributed by atoms with Crippen LogP contribution in [0.4, 0.5) is 0 Å². The van der Waals surface area contributed by atoms with Gasteiger partial charge in [-0.3, -0.25) is 0 Å². The number of hydrogen-bond donors (Lipinski definition) is 0. The van der Waals surface area contributed by atoms with Crippen molar-refractivity contribution in [3.63, 3.8) is 0 Å². The molecule has 0 saturated heterocycles. The Labute approximate surface area is 67.9 Å². The third-order valence-corrected chi connectivity index (χ3v) is 1.40. The molecule has 0 spiro atoms. The van der Waals surface area contributed by atoms with Crippen LogP contribution in [0.2, 0.25) is 0 Å². The average molecular weight is 157 g/mol. The molecule has 0 saturated carbocycles. The second-order valence-corrected chi connectivity index (χ2v) is 2.67. The Bertz CT molecular complexity index is 164. The summed E-state index contributed by atoms with van der Waals surface area (Å²) in [4.78, 5) is 0. The van der Waals surface area contributed by atoms with Gasteiger partial charge in [0.25, 0.3) is 0 Å². The Hall–Kier alpha value is -0.490. The zero-order chi connectivity index (χ0) is 7.98. The molecule has 0 aromatic heterocycles. The minimum Gasteiger partial charge on any atom is -0.0961 e. The van der Waals surface area contributed by atoms with Crippen LogP contribution in [-0.2, 0) is 0 Å². The topological polar surface area (TPSA) is 0 Å². The van der Waals surface area contributed by atoms with Crippen molar-refractivity contribution in [1.82, 2.24) is 0 Å². The molecule has 0 N–H and O–H groups in total. The average Bonchev–Trinajstić information content (AvgIpc) is 1.87. The van der Waals surface area contributed by atoms with E-state index in [1.807, 2.05) is 32.1 Å². The van der Waals surface area contributed by atoms with Crippen molar-refractivity contribution >= 4 is 11.6 Å². The summed E-state index contributed by atoms with van der Waals surface area (Å²) in [6, 6.07) is 0. The van der Waals surface area contributed by atoms with Crippen LogP contribution in [0.25, 0.3) is 0 Å². The number of allylic oxidation sites excluding steroid dienone is 5. The molecule has 0 aliphatic rings. The highest BCUT2D eigenvalue weighted by molar-refractivity contribution is 6.29. The van der Waals surface area contributed by atoms with E-state index in [0.717, 1.165) is 17.0 Å². The van der Waals surface area contributed by atoms with Gasteiger partial charge in [-0.1, -0.05) is 42.0 Å². The molecule has 0 aliphatic heterocycles. The predicted molar refractivity (Wildman–Crippen MR) is 48.2 cm³/mol. The van der Waals surface area contributed by atoms with Crippen LogP contribution in [-0.4, -0.2) is 0 Å². The van der Waals surface area contributed by atoms with E-state index in [-0.39, 0.29) is 0 Å². The zero-order valence-corrected chi connectivity index (χ0v) is 7.28. The van der Waals surface area contributed by atoms with Crippen LogP contribution < -0.4 is 0 Å². The lowest BCUT2D eigenvalue weighted by Gasteiger charge is -1.88. The van der Waals surface area contributed by atoms with Gasteiger partial charge in [0.1, 0.15) is 0 Å². The number of hydrogen-bond acceptors (Lipinski definition) is 0. The second-order valence-electron chi connectivity index (χ2n) is 2.19. The minimum absolute atomic E-state index is 0.810. The molecule has 0 aromatic rings. The zero-order valence-electron chi connectivity index (χ0n) is 6.52. The standard InChI is InChI=1S/C9H13Cl/c1-4-9(10)7-5-6-8(2)3/h4-6H,2,7H2,1,3H3/b6-5?,9-4+. The summed E-state index contributed by atoms with van der Waals surface area (Å²) in [6.07, 6.45) is 6.67. The van der Waals surface area contributed by atoms with E-state index in [0.29, 0.717) is 0 Å². The van der Waals surface area contributed by atoms with Crippen LogP contribution in [0, 0.1) is 0 Å². The van der Waals surface area contributed by atoms with Gasteiger partial charge >= 0.3 is 0 Å². The lowest BCUT2D eigenvalue weighted by Crippen LogP contribution is -1.67. The smallest absolute Gasteiger partial charge is 0.0176 e. The Morgan fingerprint density at radius 2 is 2.20 bits per heavy atom. The van der Waals surface area contributed by atoms with Crippen molar-refractivity contribution in [3.05, 3.63) is 35.4 Å². The van der Waals surface area contributed by atoms with Crippen LogP contribution in [0.15, 0.2) is 35.4 Å². The van der Waals surface area contributed by atoms with Gasteiger partial charge in [0, 0.05) is 11.5 Å². The van der Waals surface area contributed by atoms with Crippen LogP contribution in [0.3, 0.4) is 0 Å². The Morgan fingerprint density at radius 1 is 1.60 bits per heavy atom. The molecule has 0 radical (unpaired) electrons. The molecule has 0 unspecified atom stereocenters. The quantitative estimate of drug-likeness (QED) is 0.548. The molecular weight excluding hydrogens is 144 g/mol. The maximum absolute atomic E-state index is 5.73. The molecule has 10 heavy (non-hydrogen) atoms. The third-order valence-electron chi connectivity index (χ3n) is 1.03. The largest absolute Gasteiger partial charge is 0.0961 e. The van der Waals surface area contributed by atoms with Gasteiger partial charge in [-0.05, 0) is 13.8 Å². The summed E-state index contributed by atoms with van der Waals surface area (Å²) >= 11 is 5.73. The maximum atomic E-state index is 5.73. The van der Waals surface area contributed by atoms with Crippen molar-refractivity contribution in [3.8, 4) is 0 Å². The molecular formula is C9H13Cl. The molecule has 56 valence electrons. The first-order valence-electron chi connectivity index (χ1n) is 3.29. The fourth-order valence-corrected chi connectivity index (χ4v) is 0.580. The van der Waals surface area contributed by atoms with Crippen LogP contribution >= 0.6 is 11.6 Å². The van der Waals surface area contributed by atoms with Crippen LogP contribution in [0.1, 0.15) is 20.3 Å². The molecule has 1 heteroatoms. The van der Waals surface area contributed by atoms with E-state index in [2.05, 4.69) is 6.58 Å². The van der Waals surface area contributed by atoms with Crippen molar-refractivity contribution in [2.24, 2.45) is 0 Å². The molecule has 0 nitrogen and oxygen atoms in total. The minimum atomic E-state index is 0.810. The van der Waals surface area contributed by atoms with E-state index in [9.17, 15) is 0 Å². The number of halogens is 1. The summed E-state index contributed by atoms with van der Waals surface area (Å²) in [6.45, 7) is 7.61. The van der Waals surface area contributed by atoms with E-state index in [4.69, 9.17) is 11.6 Å². The first-order valence-corrected chi connectivity index (χ1v) is 3.67. The highest BCUT2D eigenvalue weighted by atomic mass is 35.5. The van der Waals surface area contributed by atoms with Crippen molar-refractivity contribution in [2.75, 3.05) is 0 Å². The van der Waals surface area contributed by atoms with Crippen molar-refractivity contribution < 1.29 is 0 Å². The number of rotatable bonds is 3. The first-order chi connectivity index (χ1) is 4.66. The maximum Gasteiger partial charge on any atom is 0.0176 e. The summed E-state index contributed by atoms with van der Waals surface area (Å²) in [7, 11) is 0. The predicted octanol–water partition coefficient (Wildman–Crippen LogP) is 3.65. The van der Waals surface area contributed by atoms with Crippen LogP contribution in [0.5, 0.6) is 0 Å². The molecule has 0 atom stereocenters. The molecule has 0 amide bonds. The second kappa shape index (κ2) is 5.31. The molecule has 0 aromatic carbocycles. The van der Waals surface area contributed by atoms with Gasteiger partial charge in [-0.15, -0.1) is 0 Å². The lowest BCUT2D eigenvalue weighted by molar-refractivity contribution is 1.32. The normalized spacial score (nSPS) is 12.5. The van der Waals surface area contributed by atoms with E-state index < -0.39 is 0 Å². The molecule has 0 fully saturated rings. The molecule has 0 aliphatic carbocycles. The Morgan fingerprint density at radius 3 is 2.60 bits per heavy atom. The van der Waals surface area contributed by atoms with E-state index >= 15 is 0 Å². The first kappa shape index (κ1) is 9.51. The summed E-state index contributed by atoms with van der Waals surface area (Å²) in [5.41, 5.74) is 1.06. The van der Waals surface area contributed by atoms with Gasteiger partial charge < -0.3 is 0 Å². The third kappa shape index (κ3) is 5.64. The SMILES string of the molecule is C=C(C)C=CC/C(Cl)=C\C. The van der Waals surface area contributed by atoms with Gasteiger partial charge in [-0.25, -0.2) is 0 Å². The Balaban J connectivity index is 3.64. The molecule has 0 rings (SSSR count). The Kier molecular flexibility index (Phi) is 5.05. The monoisotopic (exact) mass is 156 g/mol. The van der Waals surface area contributed by atoms with Gasteiger partial charge in [0.15, 0.2) is 0 Å².